The molecule has 4 heteroatoms. The number of hydrogen-bond donors (Lipinski definition) is 1. The third-order valence-corrected chi connectivity index (χ3v) is 3.33. The summed E-state index contributed by atoms with van der Waals surface area (Å²) in [6.45, 7) is 0.922. The zero-order valence-corrected chi connectivity index (χ0v) is 9.77. The van der Waals surface area contributed by atoms with Gasteiger partial charge in [-0.2, -0.15) is 0 Å². The molecule has 88 valence electrons. The van der Waals surface area contributed by atoms with Crippen LogP contribution in [0.4, 0.5) is 8.78 Å². The summed E-state index contributed by atoms with van der Waals surface area (Å²) in [7, 11) is 0. The molecule has 1 fully saturated rings. The van der Waals surface area contributed by atoms with Gasteiger partial charge in [-0.05, 0) is 30.5 Å². The van der Waals surface area contributed by atoms with Gasteiger partial charge in [0.05, 0.1) is 5.92 Å². The van der Waals surface area contributed by atoms with Crippen molar-refractivity contribution < 1.29 is 8.78 Å². The van der Waals surface area contributed by atoms with Crippen molar-refractivity contribution in [3.05, 3.63) is 34.9 Å². The lowest BCUT2D eigenvalue weighted by Crippen LogP contribution is -2.40. The van der Waals surface area contributed by atoms with Crippen molar-refractivity contribution in [2.45, 2.75) is 37.1 Å². The van der Waals surface area contributed by atoms with Gasteiger partial charge in [-0.25, -0.2) is 8.78 Å². The van der Waals surface area contributed by atoms with E-state index in [1.165, 1.54) is 0 Å². The van der Waals surface area contributed by atoms with Gasteiger partial charge in [-0.1, -0.05) is 23.7 Å². The Morgan fingerprint density at radius 1 is 1.44 bits per heavy atom. The first-order valence-electron chi connectivity index (χ1n) is 5.25. The van der Waals surface area contributed by atoms with E-state index in [2.05, 4.69) is 0 Å². The monoisotopic (exact) mass is 245 g/mol. The highest BCUT2D eigenvalue weighted by Gasteiger charge is 2.55. The Morgan fingerprint density at radius 3 is 2.50 bits per heavy atom. The molecule has 1 aliphatic carbocycles. The lowest BCUT2D eigenvalue weighted by molar-refractivity contribution is -0.0195. The van der Waals surface area contributed by atoms with Crippen molar-refractivity contribution in [3.8, 4) is 0 Å². The number of alkyl halides is 2. The second-order valence-electron chi connectivity index (χ2n) is 4.68. The molecule has 1 aromatic rings. The van der Waals surface area contributed by atoms with Gasteiger partial charge < -0.3 is 5.73 Å². The predicted octanol–water partition coefficient (Wildman–Crippen LogP) is 3.57. The molecule has 0 aromatic heterocycles. The molecule has 1 atom stereocenters. The van der Waals surface area contributed by atoms with Crippen molar-refractivity contribution in [2.24, 2.45) is 5.73 Å². The molecule has 0 amide bonds. The number of halogens is 3. The number of rotatable bonds is 3. The lowest BCUT2D eigenvalue weighted by atomic mass is 9.85. The first-order valence-corrected chi connectivity index (χ1v) is 5.63. The Hall–Kier alpha value is -0.670. The maximum atomic E-state index is 13.6. The quantitative estimate of drug-likeness (QED) is 0.866. The van der Waals surface area contributed by atoms with Crippen molar-refractivity contribution in [1.29, 1.82) is 0 Å². The van der Waals surface area contributed by atoms with Gasteiger partial charge in [-0.3, -0.25) is 0 Å². The number of nitrogens with two attached hydrogens (primary N) is 1. The molecule has 16 heavy (non-hydrogen) atoms. The summed E-state index contributed by atoms with van der Waals surface area (Å²) in [5, 5.41) is 0.469. The van der Waals surface area contributed by atoms with E-state index >= 15 is 0 Å². The minimum atomic E-state index is -2.82. The number of benzene rings is 1. The molecule has 1 unspecified atom stereocenters. The highest BCUT2D eigenvalue weighted by molar-refractivity contribution is 6.30. The van der Waals surface area contributed by atoms with Crippen LogP contribution in [0.25, 0.3) is 0 Å². The lowest BCUT2D eigenvalue weighted by Gasteiger charge is -2.29. The Bertz CT molecular complexity index is 391. The van der Waals surface area contributed by atoms with Crippen LogP contribution in [-0.2, 0) is 0 Å². The molecule has 2 rings (SSSR count). The van der Waals surface area contributed by atoms with Crippen LogP contribution in [0.3, 0.4) is 0 Å². The summed E-state index contributed by atoms with van der Waals surface area (Å²) in [5.41, 5.74) is 5.70. The van der Waals surface area contributed by atoms with E-state index in [9.17, 15) is 8.78 Å². The average molecular weight is 246 g/mol. The molecule has 1 saturated carbocycles. The first kappa shape index (κ1) is 11.8. The minimum absolute atomic E-state index is 0.469. The summed E-state index contributed by atoms with van der Waals surface area (Å²) in [4.78, 5) is 0. The molecule has 0 aliphatic heterocycles. The van der Waals surface area contributed by atoms with E-state index in [1.54, 1.807) is 24.3 Å². The van der Waals surface area contributed by atoms with Crippen LogP contribution in [0.15, 0.2) is 24.3 Å². The molecule has 1 nitrogen and oxygen atoms in total. The molecular formula is C12H14ClF2N. The van der Waals surface area contributed by atoms with E-state index in [4.69, 9.17) is 17.3 Å². The molecule has 0 spiro atoms. The second kappa shape index (κ2) is 3.67. The SMILES string of the molecule is CC(F)(F)C(c1cccc(Cl)c1)C1(N)CC1. The fourth-order valence-electron chi connectivity index (χ4n) is 2.25. The average Bonchev–Trinajstić information content (AvgIpc) is 2.81. The Labute approximate surface area is 98.6 Å². The van der Waals surface area contributed by atoms with Crippen LogP contribution < -0.4 is 5.73 Å². The number of hydrogen-bond acceptors (Lipinski definition) is 1. The van der Waals surface area contributed by atoms with Crippen LogP contribution in [-0.4, -0.2) is 11.5 Å². The highest BCUT2D eigenvalue weighted by atomic mass is 35.5. The van der Waals surface area contributed by atoms with Crippen molar-refractivity contribution >= 4 is 11.6 Å². The summed E-state index contributed by atoms with van der Waals surface area (Å²) < 4.78 is 27.2. The van der Waals surface area contributed by atoms with E-state index in [1.807, 2.05) is 0 Å². The van der Waals surface area contributed by atoms with Crippen molar-refractivity contribution in [2.75, 3.05) is 0 Å². The van der Waals surface area contributed by atoms with E-state index in [0.29, 0.717) is 23.4 Å². The van der Waals surface area contributed by atoms with Gasteiger partial charge >= 0.3 is 0 Å². The van der Waals surface area contributed by atoms with Crippen LogP contribution in [0.1, 0.15) is 31.2 Å². The van der Waals surface area contributed by atoms with Gasteiger partial charge in [0.1, 0.15) is 0 Å². The minimum Gasteiger partial charge on any atom is -0.324 e. The highest BCUT2D eigenvalue weighted by Crippen LogP contribution is 2.52. The molecular weight excluding hydrogens is 232 g/mol. The molecule has 0 heterocycles. The Morgan fingerprint density at radius 2 is 2.06 bits per heavy atom. The summed E-state index contributed by atoms with van der Waals surface area (Å²) >= 11 is 5.82. The molecule has 1 aliphatic rings. The van der Waals surface area contributed by atoms with Crippen LogP contribution >= 0.6 is 11.6 Å². The summed E-state index contributed by atoms with van der Waals surface area (Å²) in [6.07, 6.45) is 1.29. The summed E-state index contributed by atoms with van der Waals surface area (Å²) in [5.74, 6) is -3.77. The van der Waals surface area contributed by atoms with E-state index < -0.39 is 17.4 Å². The van der Waals surface area contributed by atoms with Crippen molar-refractivity contribution in [3.63, 3.8) is 0 Å². The zero-order chi connectivity index (χ0) is 12.0. The largest absolute Gasteiger partial charge is 0.324 e. The Balaban J connectivity index is 2.40. The standard InChI is InChI=1S/C12H14ClF2N/c1-11(14,15)10(12(16)5-6-12)8-3-2-4-9(13)7-8/h2-4,7,10H,5-6,16H2,1H3. The van der Waals surface area contributed by atoms with Gasteiger partial charge in [-0.15, -0.1) is 0 Å². The van der Waals surface area contributed by atoms with Gasteiger partial charge in [0, 0.05) is 17.5 Å². The van der Waals surface area contributed by atoms with Gasteiger partial charge in [0.15, 0.2) is 0 Å². The molecule has 1 aromatic carbocycles. The first-order chi connectivity index (χ1) is 7.33. The van der Waals surface area contributed by atoms with Crippen LogP contribution in [0, 0.1) is 0 Å². The topological polar surface area (TPSA) is 26.0 Å². The maximum absolute atomic E-state index is 13.6. The normalized spacial score (nSPS) is 20.6. The smallest absolute Gasteiger partial charge is 0.253 e. The summed E-state index contributed by atoms with van der Waals surface area (Å²) in [6, 6.07) is 6.60. The Kier molecular flexibility index (Phi) is 2.71. The molecule has 0 radical (unpaired) electrons. The predicted molar refractivity (Wildman–Crippen MR) is 61.0 cm³/mol. The second-order valence-corrected chi connectivity index (χ2v) is 5.11. The maximum Gasteiger partial charge on any atom is 0.253 e. The fraction of sp³-hybridized carbons (Fsp3) is 0.500. The fourth-order valence-corrected chi connectivity index (χ4v) is 2.45. The van der Waals surface area contributed by atoms with E-state index in [0.717, 1.165) is 6.92 Å². The van der Waals surface area contributed by atoms with Crippen LogP contribution in [0.2, 0.25) is 5.02 Å². The van der Waals surface area contributed by atoms with Crippen molar-refractivity contribution in [1.82, 2.24) is 0 Å². The van der Waals surface area contributed by atoms with E-state index in [-0.39, 0.29) is 0 Å². The van der Waals surface area contributed by atoms with Gasteiger partial charge in [0.25, 0.3) is 5.92 Å². The third kappa shape index (κ3) is 2.20. The zero-order valence-electron chi connectivity index (χ0n) is 9.01. The molecule has 0 saturated heterocycles. The molecule has 2 N–H and O–H groups in total. The van der Waals surface area contributed by atoms with Gasteiger partial charge in [0.2, 0.25) is 0 Å². The third-order valence-electron chi connectivity index (χ3n) is 3.09. The van der Waals surface area contributed by atoms with Crippen LogP contribution in [0.5, 0.6) is 0 Å². The molecule has 0 bridgehead atoms.